The predicted molar refractivity (Wildman–Crippen MR) is 82.4 cm³/mol. The molecule has 1 aromatic carbocycles. The Bertz CT molecular complexity index is 407. The van der Waals surface area contributed by atoms with Gasteiger partial charge in [0.05, 0.1) is 19.3 Å². The van der Waals surface area contributed by atoms with Crippen LogP contribution in [0.2, 0.25) is 0 Å². The Labute approximate surface area is 122 Å². The van der Waals surface area contributed by atoms with E-state index in [1.54, 1.807) is 0 Å². The van der Waals surface area contributed by atoms with E-state index in [1.165, 1.54) is 0 Å². The van der Waals surface area contributed by atoms with Gasteiger partial charge in [0, 0.05) is 0 Å². The molecule has 0 aromatic heterocycles. The molecule has 1 unspecified atom stereocenters. The summed E-state index contributed by atoms with van der Waals surface area (Å²) in [6, 6.07) is 5.69. The van der Waals surface area contributed by atoms with Gasteiger partial charge in [-0.05, 0) is 49.8 Å². The Morgan fingerprint density at radius 2 is 1.65 bits per heavy atom. The third-order valence-electron chi connectivity index (χ3n) is 3.12. The Balaban J connectivity index is 2.82. The van der Waals surface area contributed by atoms with Gasteiger partial charge in [-0.25, -0.2) is 0 Å². The second kappa shape index (κ2) is 7.53. The van der Waals surface area contributed by atoms with Crippen LogP contribution in [0, 0.1) is 5.41 Å². The van der Waals surface area contributed by atoms with Crippen molar-refractivity contribution in [1.82, 2.24) is 0 Å². The molecule has 1 rings (SSSR count). The maximum atomic E-state index is 10.3. The van der Waals surface area contributed by atoms with Crippen LogP contribution in [0.1, 0.15) is 59.1 Å². The van der Waals surface area contributed by atoms with Crippen LogP contribution in [-0.4, -0.2) is 18.3 Å². The first-order valence-corrected chi connectivity index (χ1v) is 7.45. The normalized spacial score (nSPS) is 13.1. The highest BCUT2D eigenvalue weighted by Gasteiger charge is 2.16. The summed E-state index contributed by atoms with van der Waals surface area (Å²) in [5.74, 6) is 1.45. The fourth-order valence-corrected chi connectivity index (χ4v) is 2.01. The van der Waals surface area contributed by atoms with Crippen LogP contribution >= 0.6 is 0 Å². The Hall–Kier alpha value is -1.22. The standard InChI is InChI=1S/C17H28O3/c1-6-19-15-9-8-13(12-16(15)20-7-2)14(18)10-11-17(3,4)5/h8-9,12,14,18H,6-7,10-11H2,1-5H3. The van der Waals surface area contributed by atoms with Crippen LogP contribution in [0.3, 0.4) is 0 Å². The van der Waals surface area contributed by atoms with Crippen LogP contribution in [0.25, 0.3) is 0 Å². The van der Waals surface area contributed by atoms with E-state index in [0.29, 0.717) is 19.0 Å². The highest BCUT2D eigenvalue weighted by molar-refractivity contribution is 5.43. The quantitative estimate of drug-likeness (QED) is 0.807. The van der Waals surface area contributed by atoms with Gasteiger partial charge in [0.15, 0.2) is 11.5 Å². The molecule has 0 spiro atoms. The van der Waals surface area contributed by atoms with Crippen molar-refractivity contribution in [2.45, 2.75) is 53.6 Å². The number of hydrogen-bond acceptors (Lipinski definition) is 3. The zero-order chi connectivity index (χ0) is 15.2. The molecular formula is C17H28O3. The summed E-state index contributed by atoms with van der Waals surface area (Å²) < 4.78 is 11.1. The van der Waals surface area contributed by atoms with Gasteiger partial charge in [-0.1, -0.05) is 26.8 Å². The molecule has 0 heterocycles. The number of ether oxygens (including phenoxy) is 2. The molecule has 0 saturated heterocycles. The first-order chi connectivity index (χ1) is 9.37. The minimum Gasteiger partial charge on any atom is -0.490 e. The number of aliphatic hydroxyl groups excluding tert-OH is 1. The fourth-order valence-electron chi connectivity index (χ4n) is 2.01. The number of aliphatic hydroxyl groups is 1. The molecule has 1 N–H and O–H groups in total. The second-order valence-corrected chi connectivity index (χ2v) is 6.19. The van der Waals surface area contributed by atoms with Crippen LogP contribution < -0.4 is 9.47 Å². The van der Waals surface area contributed by atoms with Gasteiger partial charge in [-0.15, -0.1) is 0 Å². The van der Waals surface area contributed by atoms with E-state index < -0.39 is 6.10 Å². The van der Waals surface area contributed by atoms with Gasteiger partial charge < -0.3 is 14.6 Å². The first-order valence-electron chi connectivity index (χ1n) is 7.45. The van der Waals surface area contributed by atoms with Gasteiger partial charge in [0.25, 0.3) is 0 Å². The molecule has 0 aliphatic carbocycles. The summed E-state index contributed by atoms with van der Waals surface area (Å²) in [4.78, 5) is 0. The summed E-state index contributed by atoms with van der Waals surface area (Å²) in [6.45, 7) is 11.6. The van der Waals surface area contributed by atoms with Gasteiger partial charge >= 0.3 is 0 Å². The average Bonchev–Trinajstić information content (AvgIpc) is 2.37. The predicted octanol–water partition coefficient (Wildman–Crippen LogP) is 4.34. The summed E-state index contributed by atoms with van der Waals surface area (Å²) in [5, 5.41) is 10.3. The van der Waals surface area contributed by atoms with Crippen molar-refractivity contribution in [3.05, 3.63) is 23.8 Å². The highest BCUT2D eigenvalue weighted by atomic mass is 16.5. The van der Waals surface area contributed by atoms with E-state index in [-0.39, 0.29) is 5.41 Å². The van der Waals surface area contributed by atoms with Gasteiger partial charge in [-0.2, -0.15) is 0 Å². The molecule has 1 atom stereocenters. The van der Waals surface area contributed by atoms with E-state index in [0.717, 1.165) is 24.2 Å². The molecule has 0 radical (unpaired) electrons. The Kier molecular flexibility index (Phi) is 6.34. The van der Waals surface area contributed by atoms with Crippen LogP contribution in [0.4, 0.5) is 0 Å². The molecule has 0 bridgehead atoms. The largest absolute Gasteiger partial charge is 0.490 e. The smallest absolute Gasteiger partial charge is 0.161 e. The number of hydrogen-bond donors (Lipinski definition) is 1. The molecule has 0 saturated carbocycles. The second-order valence-electron chi connectivity index (χ2n) is 6.19. The third-order valence-corrected chi connectivity index (χ3v) is 3.12. The zero-order valence-electron chi connectivity index (χ0n) is 13.4. The molecule has 20 heavy (non-hydrogen) atoms. The minimum absolute atomic E-state index is 0.231. The van der Waals surface area contributed by atoms with Gasteiger partial charge in [0.1, 0.15) is 0 Å². The molecule has 1 aromatic rings. The monoisotopic (exact) mass is 280 g/mol. The van der Waals surface area contributed by atoms with Crippen LogP contribution in [0.15, 0.2) is 18.2 Å². The molecule has 114 valence electrons. The van der Waals surface area contributed by atoms with Crippen molar-refractivity contribution < 1.29 is 14.6 Å². The minimum atomic E-state index is -0.455. The van der Waals surface area contributed by atoms with Crippen molar-refractivity contribution >= 4 is 0 Å². The molecule has 0 aliphatic heterocycles. The first kappa shape index (κ1) is 16.8. The molecular weight excluding hydrogens is 252 g/mol. The SMILES string of the molecule is CCOc1ccc(C(O)CCC(C)(C)C)cc1OCC. The van der Waals surface area contributed by atoms with Crippen LogP contribution in [-0.2, 0) is 0 Å². The van der Waals surface area contributed by atoms with Crippen molar-refractivity contribution in [2.24, 2.45) is 5.41 Å². The molecule has 0 aliphatic rings. The maximum Gasteiger partial charge on any atom is 0.161 e. The molecule has 3 heteroatoms. The molecule has 3 nitrogen and oxygen atoms in total. The van der Waals surface area contributed by atoms with Gasteiger partial charge in [0.2, 0.25) is 0 Å². The summed E-state index contributed by atoms with van der Waals surface area (Å²) in [7, 11) is 0. The molecule has 0 amide bonds. The van der Waals surface area contributed by atoms with E-state index >= 15 is 0 Å². The third kappa shape index (κ3) is 5.41. The average molecular weight is 280 g/mol. The number of rotatable bonds is 7. The van der Waals surface area contributed by atoms with E-state index in [1.807, 2.05) is 32.0 Å². The van der Waals surface area contributed by atoms with E-state index in [2.05, 4.69) is 20.8 Å². The van der Waals surface area contributed by atoms with Crippen molar-refractivity contribution in [2.75, 3.05) is 13.2 Å². The van der Waals surface area contributed by atoms with E-state index in [9.17, 15) is 5.11 Å². The lowest BCUT2D eigenvalue weighted by molar-refractivity contribution is 0.147. The number of benzene rings is 1. The lowest BCUT2D eigenvalue weighted by Crippen LogP contribution is -2.08. The highest BCUT2D eigenvalue weighted by Crippen LogP contribution is 2.33. The summed E-state index contributed by atoms with van der Waals surface area (Å²) in [6.07, 6.45) is 1.28. The summed E-state index contributed by atoms with van der Waals surface area (Å²) >= 11 is 0. The van der Waals surface area contributed by atoms with E-state index in [4.69, 9.17) is 9.47 Å². The topological polar surface area (TPSA) is 38.7 Å². The lowest BCUT2D eigenvalue weighted by Gasteiger charge is -2.21. The van der Waals surface area contributed by atoms with Crippen molar-refractivity contribution in [1.29, 1.82) is 0 Å². The zero-order valence-corrected chi connectivity index (χ0v) is 13.4. The van der Waals surface area contributed by atoms with Crippen molar-refractivity contribution in [3.63, 3.8) is 0 Å². The maximum absolute atomic E-state index is 10.3. The Morgan fingerprint density at radius 1 is 1.05 bits per heavy atom. The van der Waals surface area contributed by atoms with Crippen molar-refractivity contribution in [3.8, 4) is 11.5 Å². The Morgan fingerprint density at radius 3 is 2.20 bits per heavy atom. The fraction of sp³-hybridized carbons (Fsp3) is 0.647. The lowest BCUT2D eigenvalue weighted by atomic mass is 9.88. The molecule has 0 fully saturated rings. The van der Waals surface area contributed by atoms with Crippen LogP contribution in [0.5, 0.6) is 11.5 Å². The summed E-state index contributed by atoms with van der Waals surface area (Å²) in [5.41, 5.74) is 1.12. The van der Waals surface area contributed by atoms with Gasteiger partial charge in [-0.3, -0.25) is 0 Å².